The Kier molecular flexibility index (Phi) is 4.78. The Hall–Kier alpha value is -1.75. The van der Waals surface area contributed by atoms with Crippen LogP contribution in [-0.4, -0.2) is 31.9 Å². The van der Waals surface area contributed by atoms with Gasteiger partial charge in [0.25, 0.3) is 0 Å². The van der Waals surface area contributed by atoms with Gasteiger partial charge < -0.3 is 19.3 Å². The van der Waals surface area contributed by atoms with Crippen molar-refractivity contribution in [3.8, 4) is 11.5 Å². The highest BCUT2D eigenvalue weighted by atomic mass is 16.5. The number of rotatable bonds is 5. The van der Waals surface area contributed by atoms with E-state index in [9.17, 15) is 9.90 Å². The zero-order chi connectivity index (χ0) is 12.8. The largest absolute Gasteiger partial charge is 0.493 e. The minimum Gasteiger partial charge on any atom is -0.493 e. The number of hydrogen-bond acceptors (Lipinski definition) is 5. The zero-order valence-corrected chi connectivity index (χ0v) is 10.1. The van der Waals surface area contributed by atoms with E-state index in [-0.39, 0.29) is 6.61 Å². The van der Waals surface area contributed by atoms with Crippen LogP contribution in [0.5, 0.6) is 11.5 Å². The Morgan fingerprint density at radius 1 is 1.29 bits per heavy atom. The molecular formula is C12H16O5. The molecule has 5 heteroatoms. The molecule has 0 unspecified atom stereocenters. The molecule has 0 radical (unpaired) electrons. The third-order valence-electron chi connectivity index (χ3n) is 2.23. The van der Waals surface area contributed by atoms with Crippen LogP contribution in [0, 0.1) is 0 Å². The van der Waals surface area contributed by atoms with Gasteiger partial charge in [0.1, 0.15) is 0 Å². The molecule has 0 spiro atoms. The summed E-state index contributed by atoms with van der Waals surface area (Å²) >= 11 is 0. The summed E-state index contributed by atoms with van der Waals surface area (Å²) in [4.78, 5) is 11.4. The maximum atomic E-state index is 11.4. The van der Waals surface area contributed by atoms with Gasteiger partial charge in [-0.2, -0.15) is 0 Å². The maximum Gasteiger partial charge on any atom is 0.339 e. The molecule has 94 valence electrons. The molecule has 0 aromatic heterocycles. The summed E-state index contributed by atoms with van der Waals surface area (Å²) in [7, 11) is 3.00. The molecular weight excluding hydrogens is 224 g/mol. The van der Waals surface area contributed by atoms with Crippen LogP contribution in [0.3, 0.4) is 0 Å². The molecule has 0 bridgehead atoms. The number of carbonyl (C=O) groups excluding carboxylic acids is 1. The molecule has 0 aliphatic carbocycles. The number of benzene rings is 1. The lowest BCUT2D eigenvalue weighted by atomic mass is 10.1. The second-order valence-corrected chi connectivity index (χ2v) is 3.27. The second kappa shape index (κ2) is 6.10. The van der Waals surface area contributed by atoms with Crippen LogP contribution in [0.15, 0.2) is 18.2 Å². The number of aliphatic hydroxyl groups excluding tert-OH is 1. The summed E-state index contributed by atoms with van der Waals surface area (Å²) in [5.41, 5.74) is 0.404. The van der Waals surface area contributed by atoms with Gasteiger partial charge in [-0.1, -0.05) is 6.07 Å². The molecule has 0 amide bonds. The smallest absolute Gasteiger partial charge is 0.339 e. The lowest BCUT2D eigenvalue weighted by Gasteiger charge is -2.13. The van der Waals surface area contributed by atoms with E-state index in [0.29, 0.717) is 17.1 Å². The minimum atomic E-state index is -1.31. The van der Waals surface area contributed by atoms with Gasteiger partial charge in [-0.15, -0.1) is 0 Å². The molecule has 0 saturated carbocycles. The first-order chi connectivity index (χ1) is 8.13. The van der Waals surface area contributed by atoms with Gasteiger partial charge >= 0.3 is 5.97 Å². The van der Waals surface area contributed by atoms with Gasteiger partial charge in [0, 0.05) is 0 Å². The topological polar surface area (TPSA) is 65.0 Å². The lowest BCUT2D eigenvalue weighted by Crippen LogP contribution is -2.15. The van der Waals surface area contributed by atoms with E-state index in [1.165, 1.54) is 14.2 Å². The van der Waals surface area contributed by atoms with Crippen LogP contribution < -0.4 is 9.47 Å². The Morgan fingerprint density at radius 3 is 2.47 bits per heavy atom. The van der Waals surface area contributed by atoms with Crippen LogP contribution in [0.25, 0.3) is 0 Å². The van der Waals surface area contributed by atoms with Crippen LogP contribution in [0.2, 0.25) is 0 Å². The van der Waals surface area contributed by atoms with Crippen molar-refractivity contribution in [2.45, 2.75) is 13.0 Å². The van der Waals surface area contributed by atoms with Crippen molar-refractivity contribution >= 4 is 5.97 Å². The van der Waals surface area contributed by atoms with Crippen molar-refractivity contribution in [3.63, 3.8) is 0 Å². The fourth-order valence-electron chi connectivity index (χ4n) is 1.38. The Morgan fingerprint density at radius 2 is 1.94 bits per heavy atom. The lowest BCUT2D eigenvalue weighted by molar-refractivity contribution is -0.153. The van der Waals surface area contributed by atoms with Gasteiger partial charge in [0.15, 0.2) is 17.6 Å². The normalized spacial score (nSPS) is 11.8. The van der Waals surface area contributed by atoms with E-state index < -0.39 is 12.1 Å². The predicted molar refractivity (Wildman–Crippen MR) is 61.1 cm³/mol. The molecule has 1 rings (SSSR count). The number of carbonyl (C=O) groups is 1. The van der Waals surface area contributed by atoms with E-state index in [1.807, 2.05) is 0 Å². The van der Waals surface area contributed by atoms with Gasteiger partial charge in [-0.25, -0.2) is 4.79 Å². The molecule has 0 heterocycles. The molecule has 0 fully saturated rings. The summed E-state index contributed by atoms with van der Waals surface area (Å²) in [5, 5.41) is 9.73. The molecule has 1 aromatic carbocycles. The summed E-state index contributed by atoms with van der Waals surface area (Å²) in [6.07, 6.45) is -1.31. The van der Waals surface area contributed by atoms with Crippen LogP contribution >= 0.6 is 0 Å². The van der Waals surface area contributed by atoms with E-state index in [0.717, 1.165) is 0 Å². The third-order valence-corrected chi connectivity index (χ3v) is 2.23. The van der Waals surface area contributed by atoms with Crippen molar-refractivity contribution in [2.24, 2.45) is 0 Å². The Labute approximate surface area is 99.9 Å². The van der Waals surface area contributed by atoms with Crippen molar-refractivity contribution in [2.75, 3.05) is 20.8 Å². The van der Waals surface area contributed by atoms with Crippen molar-refractivity contribution in [1.82, 2.24) is 0 Å². The first-order valence-electron chi connectivity index (χ1n) is 5.20. The molecule has 0 aliphatic rings. The Bertz CT molecular complexity index is 388. The average molecular weight is 240 g/mol. The number of hydrogen-bond donors (Lipinski definition) is 1. The standard InChI is InChI=1S/C12H16O5/c1-4-17-12(14)11(13)8-5-6-9(15-2)10(7-8)16-3/h5-7,11,13H,4H2,1-3H3/t11-/m0/s1. The third kappa shape index (κ3) is 3.10. The molecule has 5 nitrogen and oxygen atoms in total. The highest BCUT2D eigenvalue weighted by Gasteiger charge is 2.20. The molecule has 0 saturated heterocycles. The average Bonchev–Trinajstić information content (AvgIpc) is 2.37. The highest BCUT2D eigenvalue weighted by Crippen LogP contribution is 2.30. The summed E-state index contributed by atoms with van der Waals surface area (Å²) in [6, 6.07) is 4.75. The van der Waals surface area contributed by atoms with E-state index in [1.54, 1.807) is 25.1 Å². The molecule has 1 atom stereocenters. The molecule has 1 N–H and O–H groups in total. The van der Waals surface area contributed by atoms with E-state index >= 15 is 0 Å². The minimum absolute atomic E-state index is 0.225. The quantitative estimate of drug-likeness (QED) is 0.786. The number of aliphatic hydroxyl groups is 1. The SMILES string of the molecule is CCOC(=O)[C@@H](O)c1ccc(OC)c(OC)c1. The van der Waals surface area contributed by atoms with Crippen molar-refractivity contribution < 1.29 is 24.1 Å². The maximum absolute atomic E-state index is 11.4. The summed E-state index contributed by atoms with van der Waals surface area (Å²) in [6.45, 7) is 1.91. The first kappa shape index (κ1) is 13.3. The Balaban J connectivity index is 2.95. The zero-order valence-electron chi connectivity index (χ0n) is 10.1. The van der Waals surface area contributed by atoms with Crippen molar-refractivity contribution in [1.29, 1.82) is 0 Å². The van der Waals surface area contributed by atoms with Crippen LogP contribution in [0.4, 0.5) is 0 Å². The summed E-state index contributed by atoms with van der Waals surface area (Å²) in [5.74, 6) is 0.306. The fourth-order valence-corrected chi connectivity index (χ4v) is 1.38. The molecule has 17 heavy (non-hydrogen) atoms. The first-order valence-corrected chi connectivity index (χ1v) is 5.20. The second-order valence-electron chi connectivity index (χ2n) is 3.27. The monoisotopic (exact) mass is 240 g/mol. The predicted octanol–water partition coefficient (Wildman–Crippen LogP) is 1.30. The van der Waals surface area contributed by atoms with E-state index in [2.05, 4.69) is 0 Å². The van der Waals surface area contributed by atoms with Crippen molar-refractivity contribution in [3.05, 3.63) is 23.8 Å². The van der Waals surface area contributed by atoms with Gasteiger partial charge in [-0.3, -0.25) is 0 Å². The molecule has 1 aromatic rings. The van der Waals surface area contributed by atoms with Gasteiger partial charge in [0.05, 0.1) is 20.8 Å². The number of methoxy groups -OCH3 is 2. The fraction of sp³-hybridized carbons (Fsp3) is 0.417. The van der Waals surface area contributed by atoms with E-state index in [4.69, 9.17) is 14.2 Å². The van der Waals surface area contributed by atoms with Crippen LogP contribution in [0.1, 0.15) is 18.6 Å². The molecule has 0 aliphatic heterocycles. The highest BCUT2D eigenvalue weighted by molar-refractivity contribution is 5.76. The number of esters is 1. The summed E-state index contributed by atoms with van der Waals surface area (Å²) < 4.78 is 14.9. The van der Waals surface area contributed by atoms with Gasteiger partial charge in [-0.05, 0) is 24.6 Å². The van der Waals surface area contributed by atoms with Crippen LogP contribution in [-0.2, 0) is 9.53 Å². The van der Waals surface area contributed by atoms with Gasteiger partial charge in [0.2, 0.25) is 0 Å². The number of ether oxygens (including phenoxy) is 3.